The van der Waals surface area contributed by atoms with E-state index in [0.29, 0.717) is 33.8 Å². The van der Waals surface area contributed by atoms with Gasteiger partial charge in [-0.2, -0.15) is 0 Å². The van der Waals surface area contributed by atoms with Crippen molar-refractivity contribution in [2.75, 3.05) is 12.4 Å². The molecule has 2 aromatic carbocycles. The van der Waals surface area contributed by atoms with Crippen LogP contribution in [-0.2, 0) is 20.9 Å². The number of rotatable bonds is 8. The molecule has 4 aliphatic carbocycles. The Hall–Kier alpha value is -2.94. The Kier molecular flexibility index (Phi) is 7.12. The summed E-state index contributed by atoms with van der Waals surface area (Å²) < 4.78 is 31.2. The predicted octanol–water partition coefficient (Wildman–Crippen LogP) is 7.02. The van der Waals surface area contributed by atoms with Gasteiger partial charge in [-0.3, -0.25) is 4.79 Å². The highest BCUT2D eigenvalue weighted by Crippen LogP contribution is 2.52. The van der Waals surface area contributed by atoms with E-state index in [1.54, 1.807) is 18.2 Å². The van der Waals surface area contributed by atoms with Crippen LogP contribution in [0.2, 0.25) is 10.0 Å². The summed E-state index contributed by atoms with van der Waals surface area (Å²) in [6.45, 7) is 0.324. The summed E-state index contributed by atoms with van der Waals surface area (Å²) in [5.74, 6) is -0.219. The maximum absolute atomic E-state index is 14.5. The molecule has 4 saturated carbocycles. The minimum absolute atomic E-state index is 0.00889. The molecule has 4 aliphatic rings. The number of hydrogen-bond donors (Lipinski definition) is 1. The van der Waals surface area contributed by atoms with Gasteiger partial charge >= 0.3 is 5.97 Å². The van der Waals surface area contributed by atoms with E-state index >= 15 is 0 Å². The van der Waals surface area contributed by atoms with Gasteiger partial charge in [-0.15, -0.1) is 0 Å². The number of fused-ring (bicyclic) bond motifs is 2. The minimum atomic E-state index is -0.674. The van der Waals surface area contributed by atoms with Crippen molar-refractivity contribution in [3.8, 4) is 11.3 Å². The van der Waals surface area contributed by atoms with Crippen LogP contribution < -0.4 is 5.32 Å². The number of ether oxygens (including phenoxy) is 2. The molecular formula is C29H27Cl2FN2O5. The van der Waals surface area contributed by atoms with Crippen molar-refractivity contribution >= 4 is 40.8 Å². The van der Waals surface area contributed by atoms with Gasteiger partial charge in [0.1, 0.15) is 17.3 Å². The lowest BCUT2D eigenvalue weighted by Gasteiger charge is -2.51. The molecule has 0 radical (unpaired) electrons. The zero-order valence-electron chi connectivity index (χ0n) is 21.2. The molecule has 3 aromatic rings. The number of methoxy groups -OCH3 is 1. The fraction of sp³-hybridized carbons (Fsp3) is 0.414. The number of nitrogens with zero attached hydrogens (tertiary/aromatic N) is 1. The van der Waals surface area contributed by atoms with E-state index in [2.05, 4.69) is 15.2 Å². The van der Waals surface area contributed by atoms with Crippen LogP contribution in [0.5, 0.6) is 0 Å². The standard InChI is InChI=1S/C29H27Cl2FN2O5/c1-37-29(36)15-7-8-23(22(32)12-15)33-28(35)24-16-9-17(24)11-18(10-16)38-13-19-26(34-39-27(19)14-5-6-14)25-20(30)3-2-4-21(25)31/h2-4,7-8,12,14,16-18,24H,5-6,9-11,13H2,1H3,(H,33,35). The van der Waals surface area contributed by atoms with E-state index < -0.39 is 11.8 Å². The Labute approximate surface area is 234 Å². The molecule has 0 aliphatic heterocycles. The smallest absolute Gasteiger partial charge is 0.337 e. The van der Waals surface area contributed by atoms with Gasteiger partial charge < -0.3 is 19.3 Å². The summed E-state index contributed by atoms with van der Waals surface area (Å²) in [5.41, 5.74) is 2.28. The summed E-state index contributed by atoms with van der Waals surface area (Å²) in [4.78, 5) is 24.6. The van der Waals surface area contributed by atoms with E-state index in [0.717, 1.165) is 49.5 Å². The van der Waals surface area contributed by atoms with Gasteiger partial charge in [0.15, 0.2) is 0 Å². The van der Waals surface area contributed by atoms with Crippen molar-refractivity contribution in [1.29, 1.82) is 0 Å². The number of amides is 1. The molecule has 1 amide bonds. The van der Waals surface area contributed by atoms with Crippen LogP contribution in [0.3, 0.4) is 0 Å². The molecule has 1 N–H and O–H groups in total. The number of esters is 1. The molecule has 10 heteroatoms. The van der Waals surface area contributed by atoms with E-state index in [1.807, 2.05) is 0 Å². The number of nitrogens with one attached hydrogen (secondary N) is 1. The second-order valence-corrected chi connectivity index (χ2v) is 11.4. The molecule has 7 rings (SSSR count). The molecule has 0 saturated heterocycles. The second-order valence-electron chi connectivity index (χ2n) is 10.6. The fourth-order valence-corrected chi connectivity index (χ4v) is 6.60. The van der Waals surface area contributed by atoms with E-state index in [1.165, 1.54) is 19.2 Å². The molecule has 1 aromatic heterocycles. The number of carbonyl (C=O) groups excluding carboxylic acids is 2. The van der Waals surface area contributed by atoms with E-state index in [4.69, 9.17) is 32.5 Å². The van der Waals surface area contributed by atoms with Crippen molar-refractivity contribution in [3.63, 3.8) is 0 Å². The van der Waals surface area contributed by atoms with E-state index in [-0.39, 0.29) is 41.0 Å². The third kappa shape index (κ3) is 5.06. The van der Waals surface area contributed by atoms with Crippen LogP contribution in [0.1, 0.15) is 59.7 Å². The molecule has 0 spiro atoms. The number of hydrogen-bond acceptors (Lipinski definition) is 6. The molecule has 2 unspecified atom stereocenters. The number of carbonyl (C=O) groups is 2. The summed E-state index contributed by atoms with van der Waals surface area (Å²) in [6, 6.07) is 9.23. The number of benzene rings is 2. The van der Waals surface area contributed by atoms with Crippen molar-refractivity contribution in [2.45, 2.75) is 50.7 Å². The van der Waals surface area contributed by atoms with Crippen LogP contribution in [0.15, 0.2) is 40.9 Å². The minimum Gasteiger partial charge on any atom is -0.465 e. The first-order chi connectivity index (χ1) is 18.8. The SMILES string of the molecule is COC(=O)c1ccc(NC(=O)C2C3CC(OCc4c(-c5c(Cl)cccc5Cl)noc4C4CC4)CC2C3)c(F)c1. The van der Waals surface area contributed by atoms with Crippen LogP contribution in [0.4, 0.5) is 10.1 Å². The van der Waals surface area contributed by atoms with Crippen molar-refractivity contribution < 1.29 is 28.0 Å². The highest BCUT2D eigenvalue weighted by atomic mass is 35.5. The number of halogens is 3. The molecule has 4 fully saturated rings. The highest BCUT2D eigenvalue weighted by Gasteiger charge is 2.51. The Morgan fingerprint density at radius 3 is 2.46 bits per heavy atom. The lowest BCUT2D eigenvalue weighted by Crippen LogP contribution is -2.51. The molecule has 39 heavy (non-hydrogen) atoms. The zero-order chi connectivity index (χ0) is 27.3. The summed E-state index contributed by atoms with van der Waals surface area (Å²) in [7, 11) is 1.23. The van der Waals surface area contributed by atoms with Crippen LogP contribution in [0, 0.1) is 23.6 Å². The van der Waals surface area contributed by atoms with Gasteiger partial charge in [-0.05, 0) is 74.3 Å². The zero-order valence-corrected chi connectivity index (χ0v) is 22.7. The molecule has 204 valence electrons. The molecule has 2 atom stereocenters. The first kappa shape index (κ1) is 26.3. The topological polar surface area (TPSA) is 90.7 Å². The first-order valence-corrected chi connectivity index (χ1v) is 13.8. The number of aromatic nitrogens is 1. The summed E-state index contributed by atoms with van der Waals surface area (Å²) >= 11 is 12.9. The number of anilines is 1. The van der Waals surface area contributed by atoms with Gasteiger partial charge in [0.2, 0.25) is 5.91 Å². The van der Waals surface area contributed by atoms with Crippen molar-refractivity contribution in [3.05, 3.63) is 69.1 Å². The average molecular weight is 573 g/mol. The first-order valence-electron chi connectivity index (χ1n) is 13.1. The Bertz CT molecular complexity index is 1410. The maximum atomic E-state index is 14.5. The largest absolute Gasteiger partial charge is 0.465 e. The third-order valence-electron chi connectivity index (χ3n) is 8.13. The summed E-state index contributed by atoms with van der Waals surface area (Å²) in [5, 5.41) is 8.04. The van der Waals surface area contributed by atoms with Gasteiger partial charge in [-0.25, -0.2) is 9.18 Å². The lowest BCUT2D eigenvalue weighted by atomic mass is 9.56. The molecular weight excluding hydrogens is 546 g/mol. The second kappa shape index (κ2) is 10.6. The van der Waals surface area contributed by atoms with Gasteiger partial charge in [0.25, 0.3) is 0 Å². The van der Waals surface area contributed by atoms with Crippen LogP contribution in [0.25, 0.3) is 11.3 Å². The van der Waals surface area contributed by atoms with Crippen molar-refractivity contribution in [1.82, 2.24) is 5.16 Å². The van der Waals surface area contributed by atoms with E-state index in [9.17, 15) is 14.0 Å². The predicted molar refractivity (Wildman–Crippen MR) is 143 cm³/mol. The highest BCUT2D eigenvalue weighted by molar-refractivity contribution is 6.39. The monoisotopic (exact) mass is 572 g/mol. The Morgan fingerprint density at radius 2 is 1.82 bits per heavy atom. The molecule has 2 bridgehead atoms. The van der Waals surface area contributed by atoms with Gasteiger partial charge in [0, 0.05) is 23.0 Å². The van der Waals surface area contributed by atoms with Gasteiger partial charge in [-0.1, -0.05) is 34.4 Å². The van der Waals surface area contributed by atoms with Crippen LogP contribution in [-0.4, -0.2) is 30.2 Å². The Balaban J connectivity index is 1.10. The lowest BCUT2D eigenvalue weighted by molar-refractivity contribution is -0.142. The van der Waals surface area contributed by atoms with Crippen LogP contribution >= 0.6 is 23.2 Å². The fourth-order valence-electron chi connectivity index (χ4n) is 6.02. The quantitative estimate of drug-likeness (QED) is 0.291. The summed E-state index contributed by atoms with van der Waals surface area (Å²) in [6.07, 6.45) is 4.52. The molecule has 7 nitrogen and oxygen atoms in total. The average Bonchev–Trinajstić information content (AvgIpc) is 3.68. The van der Waals surface area contributed by atoms with Gasteiger partial charge in [0.05, 0.1) is 41.1 Å². The molecule has 1 heterocycles. The normalized spacial score (nSPS) is 23.7. The van der Waals surface area contributed by atoms with Crippen molar-refractivity contribution in [2.24, 2.45) is 17.8 Å². The Morgan fingerprint density at radius 1 is 1.10 bits per heavy atom. The third-order valence-corrected chi connectivity index (χ3v) is 8.76. The maximum Gasteiger partial charge on any atom is 0.337 e.